The van der Waals surface area contributed by atoms with Crippen LogP contribution in [-0.2, 0) is 11.3 Å². The van der Waals surface area contributed by atoms with Crippen LogP contribution in [0.4, 0.5) is 0 Å². The fourth-order valence-corrected chi connectivity index (χ4v) is 2.50. The molecule has 7 nitrogen and oxygen atoms in total. The molecule has 1 aromatic rings. The number of likely N-dealkylation sites (tertiary alicyclic amines) is 1. The van der Waals surface area contributed by atoms with E-state index in [0.717, 1.165) is 12.8 Å². The largest absolute Gasteiger partial charge is 0.481 e. The van der Waals surface area contributed by atoms with Crippen molar-refractivity contribution in [3.8, 4) is 0 Å². The topological polar surface area (TPSA) is 92.5 Å². The zero-order valence-corrected chi connectivity index (χ0v) is 12.9. The fourth-order valence-electron chi connectivity index (χ4n) is 2.50. The molecule has 2 rings (SSSR count). The Hall–Kier alpha value is -2.18. The molecular formula is C15H21N3O4. The zero-order chi connectivity index (χ0) is 16.3. The van der Waals surface area contributed by atoms with Gasteiger partial charge in [0.15, 0.2) is 0 Å². The number of aromatic nitrogens is 2. The number of amides is 1. The van der Waals surface area contributed by atoms with Crippen LogP contribution in [0, 0.1) is 5.41 Å². The van der Waals surface area contributed by atoms with Gasteiger partial charge in [0.2, 0.25) is 0 Å². The number of carbonyl (C=O) groups excluding carboxylic acids is 1. The molecule has 7 heteroatoms. The summed E-state index contributed by atoms with van der Waals surface area (Å²) in [7, 11) is 0. The summed E-state index contributed by atoms with van der Waals surface area (Å²) in [4.78, 5) is 36.9. The molecule has 0 saturated carbocycles. The average Bonchev–Trinajstić information content (AvgIpc) is 2.90. The summed E-state index contributed by atoms with van der Waals surface area (Å²) < 4.78 is 1.29. The molecule has 1 aliphatic heterocycles. The van der Waals surface area contributed by atoms with Crippen molar-refractivity contribution in [2.24, 2.45) is 5.41 Å². The second-order valence-electron chi connectivity index (χ2n) is 5.98. The van der Waals surface area contributed by atoms with Crippen molar-refractivity contribution < 1.29 is 14.7 Å². The summed E-state index contributed by atoms with van der Waals surface area (Å²) in [6, 6.07) is 2.74. The lowest BCUT2D eigenvalue weighted by Crippen LogP contribution is -2.36. The highest BCUT2D eigenvalue weighted by molar-refractivity contribution is 5.93. The van der Waals surface area contributed by atoms with Crippen LogP contribution in [0.1, 0.15) is 43.6 Å². The minimum atomic E-state index is -0.910. The van der Waals surface area contributed by atoms with E-state index in [-0.39, 0.29) is 23.7 Å². The molecule has 1 fully saturated rings. The van der Waals surface area contributed by atoms with Crippen LogP contribution in [0.15, 0.2) is 16.9 Å². The molecule has 0 bridgehead atoms. The van der Waals surface area contributed by atoms with Gasteiger partial charge in [0.25, 0.3) is 11.5 Å². The summed E-state index contributed by atoms with van der Waals surface area (Å²) in [5.74, 6) is -1.22. The first-order valence-corrected chi connectivity index (χ1v) is 7.48. The van der Waals surface area contributed by atoms with E-state index in [4.69, 9.17) is 0 Å². The predicted molar refractivity (Wildman–Crippen MR) is 79.7 cm³/mol. The van der Waals surface area contributed by atoms with E-state index < -0.39 is 11.4 Å². The third kappa shape index (κ3) is 3.18. The molecule has 1 atom stereocenters. The highest BCUT2D eigenvalue weighted by Crippen LogP contribution is 2.30. The van der Waals surface area contributed by atoms with Crippen molar-refractivity contribution in [1.82, 2.24) is 14.7 Å². The molecule has 1 unspecified atom stereocenters. The maximum absolute atomic E-state index is 12.4. The highest BCUT2D eigenvalue weighted by atomic mass is 16.4. The van der Waals surface area contributed by atoms with Crippen LogP contribution in [0.3, 0.4) is 0 Å². The molecule has 22 heavy (non-hydrogen) atoms. The summed E-state index contributed by atoms with van der Waals surface area (Å²) in [6.07, 6.45) is 2.16. The summed E-state index contributed by atoms with van der Waals surface area (Å²) >= 11 is 0. The number of unbranched alkanes of at least 4 members (excludes halogenated alkanes) is 1. The van der Waals surface area contributed by atoms with Gasteiger partial charge in [0.1, 0.15) is 5.69 Å². The van der Waals surface area contributed by atoms with Crippen molar-refractivity contribution in [1.29, 1.82) is 0 Å². The molecule has 1 aromatic heterocycles. The van der Waals surface area contributed by atoms with Crippen LogP contribution in [-0.4, -0.2) is 44.8 Å². The van der Waals surface area contributed by atoms with Gasteiger partial charge in [-0.25, -0.2) is 4.68 Å². The number of aliphatic carboxylic acids is 1. The Labute approximate surface area is 128 Å². The molecule has 0 spiro atoms. The van der Waals surface area contributed by atoms with E-state index in [1.165, 1.54) is 21.7 Å². The van der Waals surface area contributed by atoms with E-state index in [0.29, 0.717) is 19.5 Å². The van der Waals surface area contributed by atoms with Crippen LogP contribution in [0.25, 0.3) is 0 Å². The normalized spacial score (nSPS) is 21.1. The standard InChI is InChI=1S/C15H21N3O4/c1-3-4-8-18-12(19)6-5-11(16-18)13(20)17-9-7-15(2,10-17)14(21)22/h5-6H,3-4,7-10H2,1-2H3,(H,21,22). The van der Waals surface area contributed by atoms with E-state index in [9.17, 15) is 19.5 Å². The van der Waals surface area contributed by atoms with Crippen molar-refractivity contribution in [2.75, 3.05) is 13.1 Å². The minimum Gasteiger partial charge on any atom is -0.481 e. The Kier molecular flexibility index (Phi) is 4.63. The number of hydrogen-bond donors (Lipinski definition) is 1. The van der Waals surface area contributed by atoms with E-state index in [2.05, 4.69) is 5.10 Å². The maximum Gasteiger partial charge on any atom is 0.311 e. The second-order valence-corrected chi connectivity index (χ2v) is 5.98. The molecule has 0 aliphatic carbocycles. The van der Waals surface area contributed by atoms with Gasteiger partial charge in [-0.1, -0.05) is 13.3 Å². The monoisotopic (exact) mass is 307 g/mol. The molecule has 1 N–H and O–H groups in total. The van der Waals surface area contributed by atoms with Crippen molar-refractivity contribution in [2.45, 2.75) is 39.7 Å². The van der Waals surface area contributed by atoms with Crippen molar-refractivity contribution in [3.63, 3.8) is 0 Å². The van der Waals surface area contributed by atoms with Gasteiger partial charge in [0.05, 0.1) is 5.41 Å². The van der Waals surface area contributed by atoms with Crippen LogP contribution in [0.2, 0.25) is 0 Å². The van der Waals surface area contributed by atoms with Crippen molar-refractivity contribution in [3.05, 3.63) is 28.2 Å². The first kappa shape index (κ1) is 16.2. The Bertz CT molecular complexity index is 640. The molecule has 120 valence electrons. The fraction of sp³-hybridized carbons (Fsp3) is 0.600. The van der Waals surface area contributed by atoms with Gasteiger partial charge in [-0.05, 0) is 25.8 Å². The summed E-state index contributed by atoms with van der Waals surface area (Å²) in [6.45, 7) is 4.67. The van der Waals surface area contributed by atoms with Crippen LogP contribution in [0.5, 0.6) is 0 Å². The van der Waals surface area contributed by atoms with Gasteiger partial charge in [0, 0.05) is 25.7 Å². The zero-order valence-electron chi connectivity index (χ0n) is 12.9. The molecule has 1 saturated heterocycles. The van der Waals surface area contributed by atoms with Gasteiger partial charge in [-0.2, -0.15) is 5.10 Å². The average molecular weight is 307 g/mol. The van der Waals surface area contributed by atoms with Crippen molar-refractivity contribution >= 4 is 11.9 Å². The number of carbonyl (C=O) groups is 2. The number of carboxylic acid groups (broad SMARTS) is 1. The summed E-state index contributed by atoms with van der Waals surface area (Å²) in [5, 5.41) is 13.3. The highest BCUT2D eigenvalue weighted by Gasteiger charge is 2.42. The van der Waals surface area contributed by atoms with Gasteiger partial charge < -0.3 is 10.0 Å². The molecule has 0 aromatic carbocycles. The maximum atomic E-state index is 12.4. The molecule has 0 radical (unpaired) electrons. The third-order valence-electron chi connectivity index (χ3n) is 4.09. The second kappa shape index (κ2) is 6.29. The minimum absolute atomic E-state index is 0.164. The third-order valence-corrected chi connectivity index (χ3v) is 4.09. The van der Waals surface area contributed by atoms with Gasteiger partial charge >= 0.3 is 5.97 Å². The first-order valence-electron chi connectivity index (χ1n) is 7.48. The van der Waals surface area contributed by atoms with Gasteiger partial charge in [-0.15, -0.1) is 0 Å². The van der Waals surface area contributed by atoms with E-state index in [1.807, 2.05) is 6.92 Å². The SMILES string of the molecule is CCCCn1nc(C(=O)N2CCC(C)(C(=O)O)C2)ccc1=O. The summed E-state index contributed by atoms with van der Waals surface area (Å²) in [5.41, 5.74) is -0.959. The lowest BCUT2D eigenvalue weighted by atomic mass is 9.90. The van der Waals surface area contributed by atoms with Crippen LogP contribution < -0.4 is 5.56 Å². The first-order chi connectivity index (χ1) is 10.4. The number of aryl methyl sites for hydroxylation is 1. The lowest BCUT2D eigenvalue weighted by molar-refractivity contribution is -0.147. The lowest BCUT2D eigenvalue weighted by Gasteiger charge is -2.20. The molecule has 2 heterocycles. The molecule has 1 amide bonds. The Morgan fingerprint density at radius 3 is 2.73 bits per heavy atom. The Morgan fingerprint density at radius 1 is 1.41 bits per heavy atom. The quantitative estimate of drug-likeness (QED) is 0.875. The number of hydrogen-bond acceptors (Lipinski definition) is 4. The van der Waals surface area contributed by atoms with Crippen LogP contribution >= 0.6 is 0 Å². The Balaban J connectivity index is 2.17. The molecule has 1 aliphatic rings. The predicted octanol–water partition coefficient (Wildman–Crippen LogP) is 0.980. The Morgan fingerprint density at radius 2 is 2.14 bits per heavy atom. The number of carboxylic acids is 1. The number of nitrogens with zero attached hydrogens (tertiary/aromatic N) is 3. The molecular weight excluding hydrogens is 286 g/mol. The van der Waals surface area contributed by atoms with E-state index in [1.54, 1.807) is 6.92 Å². The smallest absolute Gasteiger partial charge is 0.311 e. The van der Waals surface area contributed by atoms with E-state index >= 15 is 0 Å². The number of rotatable bonds is 5. The van der Waals surface area contributed by atoms with Gasteiger partial charge in [-0.3, -0.25) is 14.4 Å².